The Bertz CT molecular complexity index is 801. The molecular weight excluding hydrogens is 360 g/mol. The Morgan fingerprint density at radius 3 is 2.50 bits per heavy atom. The number of carbonyl (C=O) groups is 2. The largest absolute Gasteiger partial charge is 0.497 e. The summed E-state index contributed by atoms with van der Waals surface area (Å²) in [6, 6.07) is 14.3. The van der Waals surface area contributed by atoms with Gasteiger partial charge in [0.15, 0.2) is 6.61 Å². The molecule has 1 saturated heterocycles. The number of methoxy groups -OCH3 is 1. The van der Waals surface area contributed by atoms with Crippen LogP contribution >= 0.6 is 0 Å². The van der Waals surface area contributed by atoms with Crippen molar-refractivity contribution in [3.63, 3.8) is 0 Å². The molecule has 0 aliphatic carbocycles. The number of nitrogens with one attached hydrogen (secondary N) is 1. The fourth-order valence-corrected chi connectivity index (χ4v) is 2.84. The zero-order valence-electron chi connectivity index (χ0n) is 15.8. The normalized spacial score (nSPS) is 13.7. The van der Waals surface area contributed by atoms with Crippen LogP contribution in [0, 0.1) is 0 Å². The summed E-state index contributed by atoms with van der Waals surface area (Å²) in [6.07, 6.45) is 0.340. The Labute approximate surface area is 164 Å². The molecule has 0 unspecified atom stereocenters. The minimum atomic E-state index is -0.264. The zero-order valence-corrected chi connectivity index (χ0v) is 15.8. The van der Waals surface area contributed by atoms with Crippen molar-refractivity contribution >= 4 is 17.5 Å². The fraction of sp³-hybridized carbons (Fsp3) is 0.333. The fourth-order valence-electron chi connectivity index (χ4n) is 2.84. The van der Waals surface area contributed by atoms with Crippen molar-refractivity contribution in [2.45, 2.75) is 6.42 Å². The van der Waals surface area contributed by atoms with Crippen LogP contribution in [0.4, 0.5) is 5.69 Å². The van der Waals surface area contributed by atoms with E-state index < -0.39 is 0 Å². The van der Waals surface area contributed by atoms with Crippen molar-refractivity contribution in [2.75, 3.05) is 45.3 Å². The highest BCUT2D eigenvalue weighted by atomic mass is 16.5. The molecule has 0 bridgehead atoms. The summed E-state index contributed by atoms with van der Waals surface area (Å²) in [4.78, 5) is 26.2. The van der Waals surface area contributed by atoms with Crippen molar-refractivity contribution < 1.29 is 23.8 Å². The third-order valence-electron chi connectivity index (χ3n) is 4.37. The number of ether oxygens (including phenoxy) is 3. The summed E-state index contributed by atoms with van der Waals surface area (Å²) in [5.41, 5.74) is 1.56. The second-order valence-electron chi connectivity index (χ2n) is 6.38. The van der Waals surface area contributed by atoms with Crippen molar-refractivity contribution in [2.24, 2.45) is 0 Å². The quantitative estimate of drug-likeness (QED) is 0.791. The Morgan fingerprint density at radius 1 is 1.07 bits per heavy atom. The standard InChI is InChI=1S/C21H24N2O5/c1-26-18-3-2-4-19(14-18)28-15-20(24)22-17-7-5-16(6-8-17)13-21(25)23-9-11-27-12-10-23/h2-8,14H,9-13,15H2,1H3,(H,22,24). The zero-order chi connectivity index (χ0) is 19.8. The Morgan fingerprint density at radius 2 is 1.79 bits per heavy atom. The van der Waals surface area contributed by atoms with Gasteiger partial charge < -0.3 is 24.4 Å². The van der Waals surface area contributed by atoms with E-state index in [0.717, 1.165) is 5.56 Å². The molecule has 2 aromatic rings. The van der Waals surface area contributed by atoms with Gasteiger partial charge in [0.1, 0.15) is 11.5 Å². The van der Waals surface area contributed by atoms with E-state index in [1.807, 2.05) is 17.0 Å². The lowest BCUT2D eigenvalue weighted by molar-refractivity contribution is -0.134. The topological polar surface area (TPSA) is 77.1 Å². The van der Waals surface area contributed by atoms with Crippen LogP contribution in [0.15, 0.2) is 48.5 Å². The number of rotatable bonds is 7. The number of carbonyl (C=O) groups excluding carboxylic acids is 2. The molecule has 7 nitrogen and oxygen atoms in total. The second kappa shape index (κ2) is 9.75. The summed E-state index contributed by atoms with van der Waals surface area (Å²) < 4.78 is 15.9. The maximum absolute atomic E-state index is 12.3. The number of nitrogens with zero attached hydrogens (tertiary/aromatic N) is 1. The first-order chi connectivity index (χ1) is 13.6. The van der Waals surface area contributed by atoms with E-state index in [9.17, 15) is 9.59 Å². The van der Waals surface area contributed by atoms with Gasteiger partial charge in [0.05, 0.1) is 26.7 Å². The van der Waals surface area contributed by atoms with Crippen LogP contribution in [0.25, 0.3) is 0 Å². The van der Waals surface area contributed by atoms with Crippen molar-refractivity contribution in [1.82, 2.24) is 4.90 Å². The SMILES string of the molecule is COc1cccc(OCC(=O)Nc2ccc(CC(=O)N3CCOCC3)cc2)c1. The molecule has 28 heavy (non-hydrogen) atoms. The first-order valence-corrected chi connectivity index (χ1v) is 9.15. The highest BCUT2D eigenvalue weighted by molar-refractivity contribution is 5.92. The Kier molecular flexibility index (Phi) is 6.86. The van der Waals surface area contributed by atoms with Crippen LogP contribution in [-0.4, -0.2) is 56.7 Å². The maximum Gasteiger partial charge on any atom is 0.262 e. The third-order valence-corrected chi connectivity index (χ3v) is 4.37. The van der Waals surface area contributed by atoms with Gasteiger partial charge in [-0.1, -0.05) is 18.2 Å². The highest BCUT2D eigenvalue weighted by Gasteiger charge is 2.16. The molecule has 2 aromatic carbocycles. The molecule has 0 aromatic heterocycles. The number of anilines is 1. The van der Waals surface area contributed by atoms with Crippen molar-refractivity contribution in [3.05, 3.63) is 54.1 Å². The monoisotopic (exact) mass is 384 g/mol. The molecule has 1 N–H and O–H groups in total. The minimum absolute atomic E-state index is 0.0896. The molecule has 1 fully saturated rings. The summed E-state index contributed by atoms with van der Waals surface area (Å²) in [7, 11) is 1.57. The van der Waals surface area contributed by atoms with Crippen LogP contribution in [0.1, 0.15) is 5.56 Å². The van der Waals surface area contributed by atoms with Crippen LogP contribution in [0.5, 0.6) is 11.5 Å². The van der Waals surface area contributed by atoms with E-state index in [4.69, 9.17) is 14.2 Å². The van der Waals surface area contributed by atoms with E-state index in [0.29, 0.717) is 49.9 Å². The highest BCUT2D eigenvalue weighted by Crippen LogP contribution is 2.19. The van der Waals surface area contributed by atoms with Crippen LogP contribution in [-0.2, 0) is 20.7 Å². The van der Waals surface area contributed by atoms with Crippen molar-refractivity contribution in [3.8, 4) is 11.5 Å². The predicted octanol–water partition coefficient (Wildman–Crippen LogP) is 2.11. The summed E-state index contributed by atoms with van der Waals surface area (Å²) in [5, 5.41) is 2.78. The molecule has 0 saturated carbocycles. The van der Waals surface area contributed by atoms with Gasteiger partial charge in [-0.2, -0.15) is 0 Å². The number of hydrogen-bond donors (Lipinski definition) is 1. The summed E-state index contributed by atoms with van der Waals surface area (Å²) >= 11 is 0. The number of benzene rings is 2. The van der Waals surface area contributed by atoms with E-state index in [1.54, 1.807) is 43.5 Å². The van der Waals surface area contributed by atoms with Gasteiger partial charge in [-0.25, -0.2) is 0 Å². The molecule has 3 rings (SSSR count). The van der Waals surface area contributed by atoms with Crippen LogP contribution < -0.4 is 14.8 Å². The first kappa shape index (κ1) is 19.7. The lowest BCUT2D eigenvalue weighted by atomic mass is 10.1. The molecule has 1 aliphatic heterocycles. The number of morpholine rings is 1. The smallest absolute Gasteiger partial charge is 0.262 e. The van der Waals surface area contributed by atoms with Gasteiger partial charge in [0, 0.05) is 24.8 Å². The molecule has 0 radical (unpaired) electrons. The molecule has 1 aliphatic rings. The summed E-state index contributed by atoms with van der Waals surface area (Å²) in [5.74, 6) is 1.05. The molecule has 2 amide bonds. The van der Waals surface area contributed by atoms with Gasteiger partial charge in [-0.05, 0) is 29.8 Å². The minimum Gasteiger partial charge on any atom is -0.497 e. The third kappa shape index (κ3) is 5.72. The van der Waals surface area contributed by atoms with Gasteiger partial charge >= 0.3 is 0 Å². The average molecular weight is 384 g/mol. The van der Waals surface area contributed by atoms with Gasteiger partial charge in [-0.15, -0.1) is 0 Å². The molecule has 7 heteroatoms. The lowest BCUT2D eigenvalue weighted by Gasteiger charge is -2.26. The first-order valence-electron chi connectivity index (χ1n) is 9.15. The predicted molar refractivity (Wildman–Crippen MR) is 105 cm³/mol. The van der Waals surface area contributed by atoms with Gasteiger partial charge in [-0.3, -0.25) is 9.59 Å². The molecular formula is C21H24N2O5. The maximum atomic E-state index is 12.3. The number of hydrogen-bond acceptors (Lipinski definition) is 5. The Balaban J connectivity index is 1.46. The Hall–Kier alpha value is -3.06. The molecule has 0 spiro atoms. The van der Waals surface area contributed by atoms with Gasteiger partial charge in [0.25, 0.3) is 5.91 Å². The number of amides is 2. The molecule has 1 heterocycles. The second-order valence-corrected chi connectivity index (χ2v) is 6.38. The molecule has 0 atom stereocenters. The molecule has 148 valence electrons. The van der Waals surface area contributed by atoms with E-state index in [-0.39, 0.29) is 18.4 Å². The average Bonchev–Trinajstić information content (AvgIpc) is 2.74. The van der Waals surface area contributed by atoms with E-state index >= 15 is 0 Å². The van der Waals surface area contributed by atoms with E-state index in [2.05, 4.69) is 5.32 Å². The van der Waals surface area contributed by atoms with Crippen molar-refractivity contribution in [1.29, 1.82) is 0 Å². The van der Waals surface area contributed by atoms with Crippen LogP contribution in [0.2, 0.25) is 0 Å². The van der Waals surface area contributed by atoms with Gasteiger partial charge in [0.2, 0.25) is 5.91 Å². The lowest BCUT2D eigenvalue weighted by Crippen LogP contribution is -2.41. The summed E-state index contributed by atoms with van der Waals surface area (Å²) in [6.45, 7) is 2.36. The van der Waals surface area contributed by atoms with Crippen LogP contribution in [0.3, 0.4) is 0 Å². The van der Waals surface area contributed by atoms with E-state index in [1.165, 1.54) is 0 Å².